The maximum Gasteiger partial charge on any atom is 0.363 e. The van der Waals surface area contributed by atoms with Crippen LogP contribution in [0.2, 0.25) is 5.02 Å². The van der Waals surface area contributed by atoms with Crippen molar-refractivity contribution >= 4 is 29.5 Å². The molecule has 2 aromatic rings. The highest BCUT2D eigenvalue weighted by Crippen LogP contribution is 2.28. The number of rotatable bonds is 4. The van der Waals surface area contributed by atoms with Crippen LogP contribution in [0.4, 0.5) is 0 Å². The molecule has 0 radical (unpaired) electrons. The summed E-state index contributed by atoms with van der Waals surface area (Å²) in [6.45, 7) is 0. The van der Waals surface area contributed by atoms with E-state index in [0.717, 1.165) is 0 Å². The average Bonchev–Trinajstić information content (AvgIpc) is 2.96. The maximum absolute atomic E-state index is 12.1. The Labute approximate surface area is 144 Å². The molecule has 2 aromatic carbocycles. The number of ether oxygens (including phenoxy) is 3. The molecule has 1 heterocycles. The summed E-state index contributed by atoms with van der Waals surface area (Å²) in [5.74, 6) is 0.969. The van der Waals surface area contributed by atoms with Gasteiger partial charge in [0.1, 0.15) is 11.5 Å². The molecule has 3 rings (SSSR count). The summed E-state index contributed by atoms with van der Waals surface area (Å²) in [4.78, 5) is 16.3. The van der Waals surface area contributed by atoms with Gasteiger partial charge in [-0.05, 0) is 48.5 Å². The maximum atomic E-state index is 12.1. The number of carbonyl (C=O) groups excluding carboxylic acids is 1. The summed E-state index contributed by atoms with van der Waals surface area (Å²) in [6, 6.07) is 12.2. The molecular weight excluding hydrogens is 330 g/mol. The highest BCUT2D eigenvalue weighted by molar-refractivity contribution is 6.30. The third-order valence-electron chi connectivity index (χ3n) is 3.44. The standard InChI is InChI=1S/C18H14ClNO4/c1-22-14-7-8-16(23-2)12(9-14)10-15-18(21)24-17(20-15)11-3-5-13(19)6-4-11/h3-10H,1-2H3. The Morgan fingerprint density at radius 2 is 1.83 bits per heavy atom. The average molecular weight is 344 g/mol. The van der Waals surface area contributed by atoms with Crippen LogP contribution in [0, 0.1) is 0 Å². The van der Waals surface area contributed by atoms with Gasteiger partial charge in [-0.2, -0.15) is 0 Å². The number of cyclic esters (lactones) is 1. The van der Waals surface area contributed by atoms with Gasteiger partial charge in [-0.1, -0.05) is 11.6 Å². The molecule has 0 amide bonds. The van der Waals surface area contributed by atoms with E-state index >= 15 is 0 Å². The molecule has 0 aromatic heterocycles. The fraction of sp³-hybridized carbons (Fsp3) is 0.111. The number of aliphatic imine (C=N–C) groups is 1. The van der Waals surface area contributed by atoms with Gasteiger partial charge in [-0.3, -0.25) is 0 Å². The van der Waals surface area contributed by atoms with Crippen LogP contribution in [-0.4, -0.2) is 26.1 Å². The smallest absolute Gasteiger partial charge is 0.363 e. The summed E-state index contributed by atoms with van der Waals surface area (Å²) in [5.41, 5.74) is 1.53. The number of methoxy groups -OCH3 is 2. The molecule has 0 saturated heterocycles. The molecule has 24 heavy (non-hydrogen) atoms. The highest BCUT2D eigenvalue weighted by atomic mass is 35.5. The zero-order valence-corrected chi connectivity index (χ0v) is 13.8. The molecule has 0 atom stereocenters. The normalized spacial score (nSPS) is 15.2. The quantitative estimate of drug-likeness (QED) is 0.627. The first-order chi connectivity index (χ1) is 11.6. The molecule has 1 aliphatic heterocycles. The Bertz CT molecular complexity index is 841. The van der Waals surface area contributed by atoms with Gasteiger partial charge in [0.2, 0.25) is 5.90 Å². The van der Waals surface area contributed by atoms with Crippen molar-refractivity contribution in [3.05, 3.63) is 64.3 Å². The zero-order valence-electron chi connectivity index (χ0n) is 13.1. The van der Waals surface area contributed by atoms with Gasteiger partial charge in [0, 0.05) is 16.1 Å². The molecule has 1 aliphatic rings. The Kier molecular flexibility index (Phi) is 4.53. The first-order valence-corrected chi connectivity index (χ1v) is 7.49. The predicted octanol–water partition coefficient (Wildman–Crippen LogP) is 3.70. The summed E-state index contributed by atoms with van der Waals surface area (Å²) >= 11 is 5.86. The minimum Gasteiger partial charge on any atom is -0.497 e. The van der Waals surface area contributed by atoms with Crippen LogP contribution >= 0.6 is 11.6 Å². The first kappa shape index (κ1) is 16.1. The van der Waals surface area contributed by atoms with Crippen LogP contribution < -0.4 is 9.47 Å². The Hall–Kier alpha value is -2.79. The molecule has 122 valence electrons. The van der Waals surface area contributed by atoms with Crippen LogP contribution in [0.15, 0.2) is 53.2 Å². The lowest BCUT2D eigenvalue weighted by atomic mass is 10.1. The molecule has 5 nitrogen and oxygen atoms in total. The lowest BCUT2D eigenvalue weighted by Gasteiger charge is -2.07. The fourth-order valence-corrected chi connectivity index (χ4v) is 2.35. The van der Waals surface area contributed by atoms with Gasteiger partial charge in [0.05, 0.1) is 14.2 Å². The SMILES string of the molecule is COc1ccc(OC)c(C=C2N=C(c3ccc(Cl)cc3)OC2=O)c1. The number of carbonyl (C=O) groups is 1. The van der Waals surface area contributed by atoms with Gasteiger partial charge in [-0.15, -0.1) is 0 Å². The van der Waals surface area contributed by atoms with Gasteiger partial charge < -0.3 is 14.2 Å². The molecular formula is C18H14ClNO4. The van der Waals surface area contributed by atoms with Crippen LogP contribution in [0.3, 0.4) is 0 Å². The van der Waals surface area contributed by atoms with E-state index in [0.29, 0.717) is 27.6 Å². The van der Waals surface area contributed by atoms with Gasteiger partial charge in [0.15, 0.2) is 5.70 Å². The Morgan fingerprint density at radius 1 is 1.08 bits per heavy atom. The van der Waals surface area contributed by atoms with Crippen LogP contribution in [-0.2, 0) is 9.53 Å². The van der Waals surface area contributed by atoms with Crippen LogP contribution in [0.25, 0.3) is 6.08 Å². The molecule has 0 aliphatic carbocycles. The minimum atomic E-state index is -0.523. The topological polar surface area (TPSA) is 57.1 Å². The third-order valence-corrected chi connectivity index (χ3v) is 3.69. The van der Waals surface area contributed by atoms with Crippen molar-refractivity contribution in [3.8, 4) is 11.5 Å². The van der Waals surface area contributed by atoms with E-state index in [1.165, 1.54) is 0 Å². The third kappa shape index (κ3) is 3.26. The second-order valence-corrected chi connectivity index (χ2v) is 5.39. The molecule has 0 spiro atoms. The zero-order chi connectivity index (χ0) is 17.1. The summed E-state index contributed by atoms with van der Waals surface area (Å²) in [6.07, 6.45) is 1.60. The Balaban J connectivity index is 1.98. The second-order valence-electron chi connectivity index (χ2n) is 4.95. The molecule has 6 heteroatoms. The molecule has 0 bridgehead atoms. The van der Waals surface area contributed by atoms with Gasteiger partial charge in [-0.25, -0.2) is 9.79 Å². The monoisotopic (exact) mass is 343 g/mol. The van der Waals surface area contributed by atoms with Gasteiger partial charge in [0.25, 0.3) is 0 Å². The highest BCUT2D eigenvalue weighted by Gasteiger charge is 2.24. The van der Waals surface area contributed by atoms with E-state index in [1.807, 2.05) is 0 Å². The van der Waals surface area contributed by atoms with E-state index in [1.54, 1.807) is 62.8 Å². The summed E-state index contributed by atoms with van der Waals surface area (Å²) < 4.78 is 15.7. The van der Waals surface area contributed by atoms with Crippen molar-refractivity contribution in [2.45, 2.75) is 0 Å². The minimum absolute atomic E-state index is 0.187. The van der Waals surface area contributed by atoms with E-state index in [2.05, 4.69) is 4.99 Å². The molecule has 0 fully saturated rings. The van der Waals surface area contributed by atoms with Crippen molar-refractivity contribution in [1.82, 2.24) is 0 Å². The number of halogens is 1. The van der Waals surface area contributed by atoms with Gasteiger partial charge >= 0.3 is 5.97 Å². The van der Waals surface area contributed by atoms with Crippen molar-refractivity contribution in [3.63, 3.8) is 0 Å². The number of esters is 1. The number of benzene rings is 2. The molecule has 0 saturated carbocycles. The first-order valence-electron chi connectivity index (χ1n) is 7.11. The second kappa shape index (κ2) is 6.76. The van der Waals surface area contributed by atoms with Crippen molar-refractivity contribution in [1.29, 1.82) is 0 Å². The lowest BCUT2D eigenvalue weighted by molar-refractivity contribution is -0.129. The van der Waals surface area contributed by atoms with Crippen LogP contribution in [0.5, 0.6) is 11.5 Å². The van der Waals surface area contributed by atoms with Crippen molar-refractivity contribution in [2.75, 3.05) is 14.2 Å². The number of hydrogen-bond acceptors (Lipinski definition) is 5. The van der Waals surface area contributed by atoms with E-state index in [-0.39, 0.29) is 11.6 Å². The lowest BCUT2D eigenvalue weighted by Crippen LogP contribution is -2.05. The van der Waals surface area contributed by atoms with Crippen LogP contribution in [0.1, 0.15) is 11.1 Å². The number of hydrogen-bond donors (Lipinski definition) is 0. The summed E-state index contributed by atoms with van der Waals surface area (Å²) in [7, 11) is 3.12. The van der Waals surface area contributed by atoms with E-state index < -0.39 is 5.97 Å². The van der Waals surface area contributed by atoms with E-state index in [4.69, 9.17) is 25.8 Å². The van der Waals surface area contributed by atoms with Crippen molar-refractivity contribution in [2.24, 2.45) is 4.99 Å². The molecule has 0 N–H and O–H groups in total. The molecule has 0 unspecified atom stereocenters. The predicted molar refractivity (Wildman–Crippen MR) is 91.6 cm³/mol. The fourth-order valence-electron chi connectivity index (χ4n) is 2.22. The largest absolute Gasteiger partial charge is 0.497 e. The number of nitrogens with zero attached hydrogens (tertiary/aromatic N) is 1. The Morgan fingerprint density at radius 3 is 2.50 bits per heavy atom. The van der Waals surface area contributed by atoms with E-state index in [9.17, 15) is 4.79 Å². The van der Waals surface area contributed by atoms with Crippen molar-refractivity contribution < 1.29 is 19.0 Å². The summed E-state index contributed by atoms with van der Waals surface area (Å²) in [5, 5.41) is 0.598.